The highest BCUT2D eigenvalue weighted by Gasteiger charge is 2.36. The van der Waals surface area contributed by atoms with E-state index in [1.807, 2.05) is 6.07 Å². The number of nitriles is 1. The second-order valence-electron chi connectivity index (χ2n) is 4.44. The van der Waals surface area contributed by atoms with Crippen LogP contribution in [0.2, 0.25) is 0 Å². The number of hydrogen-bond donors (Lipinski definition) is 1. The molecule has 0 aliphatic carbocycles. The molecule has 1 aliphatic rings. The Bertz CT molecular complexity index is 696. The number of carbonyl (C=O) groups is 1. The van der Waals surface area contributed by atoms with Gasteiger partial charge in [0, 0.05) is 17.6 Å². The van der Waals surface area contributed by atoms with E-state index in [1.54, 1.807) is 6.07 Å². The molecule has 0 radical (unpaired) electrons. The summed E-state index contributed by atoms with van der Waals surface area (Å²) in [5.41, 5.74) is 0.0481. The Morgan fingerprint density at radius 2 is 2.20 bits per heavy atom. The molecule has 1 atom stereocenters. The lowest BCUT2D eigenvalue weighted by atomic mass is 10.1. The molecule has 1 aromatic rings. The quantitative estimate of drug-likeness (QED) is 0.880. The van der Waals surface area contributed by atoms with Gasteiger partial charge >= 0.3 is 5.97 Å². The van der Waals surface area contributed by atoms with Gasteiger partial charge in [0.2, 0.25) is 10.0 Å². The highest BCUT2D eigenvalue weighted by Crippen LogP contribution is 2.28. The van der Waals surface area contributed by atoms with Crippen molar-refractivity contribution in [2.45, 2.75) is 11.3 Å². The third-order valence-electron chi connectivity index (χ3n) is 3.18. The molecule has 6 nitrogen and oxygen atoms in total. The SMILES string of the molecule is N#Cc1ccc(Br)cc1S(=O)(=O)N1CCC(C(=O)O)C1. The molecular formula is C12H11BrN2O4S. The van der Waals surface area contributed by atoms with E-state index in [1.165, 1.54) is 12.1 Å². The summed E-state index contributed by atoms with van der Waals surface area (Å²) >= 11 is 3.18. The summed E-state index contributed by atoms with van der Waals surface area (Å²) in [6.07, 6.45) is 0.282. The minimum Gasteiger partial charge on any atom is -0.481 e. The zero-order chi connectivity index (χ0) is 14.9. The molecule has 0 spiro atoms. The summed E-state index contributed by atoms with van der Waals surface area (Å²) in [5, 5.41) is 17.9. The van der Waals surface area contributed by atoms with Crippen LogP contribution in [0.1, 0.15) is 12.0 Å². The average Bonchev–Trinajstić information content (AvgIpc) is 2.89. The molecule has 1 aromatic carbocycles. The van der Waals surface area contributed by atoms with E-state index in [-0.39, 0.29) is 30.0 Å². The van der Waals surface area contributed by atoms with Crippen molar-refractivity contribution in [3.8, 4) is 6.07 Å². The average molecular weight is 359 g/mol. The lowest BCUT2D eigenvalue weighted by molar-refractivity contribution is -0.141. The molecule has 1 heterocycles. The Balaban J connectivity index is 2.40. The van der Waals surface area contributed by atoms with Gasteiger partial charge in [-0.2, -0.15) is 9.57 Å². The fourth-order valence-corrected chi connectivity index (χ4v) is 4.27. The van der Waals surface area contributed by atoms with Gasteiger partial charge < -0.3 is 5.11 Å². The van der Waals surface area contributed by atoms with Crippen LogP contribution in [0.5, 0.6) is 0 Å². The maximum atomic E-state index is 12.5. The Hall–Kier alpha value is -1.43. The van der Waals surface area contributed by atoms with Gasteiger partial charge in [0.25, 0.3) is 0 Å². The Morgan fingerprint density at radius 3 is 2.75 bits per heavy atom. The summed E-state index contributed by atoms with van der Waals surface area (Å²) in [6, 6.07) is 6.21. The molecule has 1 N–H and O–H groups in total. The van der Waals surface area contributed by atoms with Crippen molar-refractivity contribution in [1.82, 2.24) is 4.31 Å². The summed E-state index contributed by atoms with van der Waals surface area (Å²) in [5.74, 6) is -1.69. The molecule has 0 aromatic heterocycles. The fraction of sp³-hybridized carbons (Fsp3) is 0.333. The lowest BCUT2D eigenvalue weighted by Gasteiger charge is -2.17. The van der Waals surface area contributed by atoms with E-state index < -0.39 is 21.9 Å². The third kappa shape index (κ3) is 2.70. The molecule has 1 fully saturated rings. The number of aliphatic carboxylic acids is 1. The van der Waals surface area contributed by atoms with Crippen molar-refractivity contribution in [3.63, 3.8) is 0 Å². The van der Waals surface area contributed by atoms with Crippen molar-refractivity contribution >= 4 is 31.9 Å². The number of hydrogen-bond acceptors (Lipinski definition) is 4. The predicted molar refractivity (Wildman–Crippen MR) is 73.4 cm³/mol. The molecular weight excluding hydrogens is 348 g/mol. The first kappa shape index (κ1) is 15.0. The molecule has 0 bridgehead atoms. The van der Waals surface area contributed by atoms with Gasteiger partial charge in [-0.25, -0.2) is 8.42 Å². The highest BCUT2D eigenvalue weighted by atomic mass is 79.9. The van der Waals surface area contributed by atoms with E-state index in [0.29, 0.717) is 4.47 Å². The van der Waals surface area contributed by atoms with Crippen molar-refractivity contribution < 1.29 is 18.3 Å². The molecule has 1 saturated heterocycles. The van der Waals surface area contributed by atoms with Crippen molar-refractivity contribution in [2.75, 3.05) is 13.1 Å². The molecule has 106 valence electrons. The van der Waals surface area contributed by atoms with Crippen LogP contribution in [0.25, 0.3) is 0 Å². The van der Waals surface area contributed by atoms with Gasteiger partial charge in [-0.1, -0.05) is 15.9 Å². The minimum absolute atomic E-state index is 0.0481. The topological polar surface area (TPSA) is 98.5 Å². The fourth-order valence-electron chi connectivity index (χ4n) is 2.09. The maximum Gasteiger partial charge on any atom is 0.307 e. The predicted octanol–water partition coefficient (Wildman–Crippen LogP) is 1.42. The summed E-state index contributed by atoms with van der Waals surface area (Å²) in [6.45, 7) is 0.0890. The lowest BCUT2D eigenvalue weighted by Crippen LogP contribution is -2.30. The highest BCUT2D eigenvalue weighted by molar-refractivity contribution is 9.10. The van der Waals surface area contributed by atoms with Crippen LogP contribution in [0.15, 0.2) is 27.6 Å². The summed E-state index contributed by atoms with van der Waals surface area (Å²) in [4.78, 5) is 10.8. The molecule has 1 aliphatic heterocycles. The van der Waals surface area contributed by atoms with Crippen LogP contribution in [0, 0.1) is 17.2 Å². The minimum atomic E-state index is -3.85. The third-order valence-corrected chi connectivity index (χ3v) is 5.58. The molecule has 0 saturated carbocycles. The smallest absolute Gasteiger partial charge is 0.307 e. The molecule has 8 heteroatoms. The van der Waals surface area contributed by atoms with Gasteiger partial charge in [-0.3, -0.25) is 4.79 Å². The first-order chi connectivity index (χ1) is 9.36. The standard InChI is InChI=1S/C12H11BrN2O4S/c13-10-2-1-8(6-14)11(5-10)20(18,19)15-4-3-9(7-15)12(16)17/h1-2,5,9H,3-4,7H2,(H,16,17). The Labute approximate surface area is 124 Å². The number of sulfonamides is 1. The second-order valence-corrected chi connectivity index (χ2v) is 7.26. The number of halogens is 1. The monoisotopic (exact) mass is 358 g/mol. The first-order valence-electron chi connectivity index (χ1n) is 5.79. The largest absolute Gasteiger partial charge is 0.481 e. The Morgan fingerprint density at radius 1 is 1.50 bits per heavy atom. The number of nitrogens with zero attached hydrogens (tertiary/aromatic N) is 2. The number of carboxylic acid groups (broad SMARTS) is 1. The number of rotatable bonds is 3. The van der Waals surface area contributed by atoms with Crippen LogP contribution in [0.3, 0.4) is 0 Å². The van der Waals surface area contributed by atoms with Crippen molar-refractivity contribution in [3.05, 3.63) is 28.2 Å². The normalized spacial score (nSPS) is 19.7. The molecule has 1 unspecified atom stereocenters. The molecule has 20 heavy (non-hydrogen) atoms. The first-order valence-corrected chi connectivity index (χ1v) is 8.02. The van der Waals surface area contributed by atoms with Gasteiger partial charge in [0.1, 0.15) is 11.0 Å². The van der Waals surface area contributed by atoms with E-state index >= 15 is 0 Å². The van der Waals surface area contributed by atoms with Crippen LogP contribution in [-0.2, 0) is 14.8 Å². The van der Waals surface area contributed by atoms with Crippen LogP contribution >= 0.6 is 15.9 Å². The second kappa shape index (κ2) is 5.52. The van der Waals surface area contributed by atoms with E-state index in [0.717, 1.165) is 4.31 Å². The van der Waals surface area contributed by atoms with E-state index in [4.69, 9.17) is 10.4 Å². The van der Waals surface area contributed by atoms with Gasteiger partial charge in [0.05, 0.1) is 11.5 Å². The van der Waals surface area contributed by atoms with Gasteiger partial charge in [-0.15, -0.1) is 0 Å². The van der Waals surface area contributed by atoms with Crippen LogP contribution < -0.4 is 0 Å². The maximum absolute atomic E-state index is 12.5. The molecule has 0 amide bonds. The summed E-state index contributed by atoms with van der Waals surface area (Å²) < 4.78 is 26.7. The van der Waals surface area contributed by atoms with Crippen molar-refractivity contribution in [1.29, 1.82) is 5.26 Å². The summed E-state index contributed by atoms with van der Waals surface area (Å²) in [7, 11) is -3.85. The number of benzene rings is 1. The number of carboxylic acids is 1. The van der Waals surface area contributed by atoms with Crippen LogP contribution in [0.4, 0.5) is 0 Å². The zero-order valence-electron chi connectivity index (χ0n) is 10.3. The van der Waals surface area contributed by atoms with E-state index in [9.17, 15) is 13.2 Å². The van der Waals surface area contributed by atoms with Gasteiger partial charge in [0.15, 0.2) is 0 Å². The van der Waals surface area contributed by atoms with Crippen molar-refractivity contribution in [2.24, 2.45) is 5.92 Å². The van der Waals surface area contributed by atoms with Crippen LogP contribution in [-0.4, -0.2) is 36.9 Å². The van der Waals surface area contributed by atoms with Gasteiger partial charge in [-0.05, 0) is 24.6 Å². The van der Waals surface area contributed by atoms with E-state index in [2.05, 4.69) is 15.9 Å². The Kier molecular flexibility index (Phi) is 4.13. The zero-order valence-corrected chi connectivity index (χ0v) is 12.7. The molecule has 2 rings (SSSR count).